The van der Waals surface area contributed by atoms with Gasteiger partial charge in [-0.2, -0.15) is 0 Å². The molecule has 110 valence electrons. The Balaban J connectivity index is 1.94. The van der Waals surface area contributed by atoms with Crippen molar-refractivity contribution in [3.8, 4) is 10.7 Å². The molecule has 0 fully saturated rings. The van der Waals surface area contributed by atoms with Gasteiger partial charge in [-0.05, 0) is 38.3 Å². The van der Waals surface area contributed by atoms with E-state index in [0.29, 0.717) is 12.3 Å². The van der Waals surface area contributed by atoms with Crippen molar-refractivity contribution in [3.05, 3.63) is 34.7 Å². The van der Waals surface area contributed by atoms with Crippen LogP contribution in [0.4, 0.5) is 4.39 Å². The van der Waals surface area contributed by atoms with Gasteiger partial charge in [-0.15, -0.1) is 11.3 Å². The highest BCUT2D eigenvalue weighted by Crippen LogP contribution is 2.38. The minimum atomic E-state index is -0.371. The first-order chi connectivity index (χ1) is 10.2. The molecule has 3 rings (SSSR count). The largest absolute Gasteiger partial charge is 0.465 e. The van der Waals surface area contributed by atoms with E-state index in [9.17, 15) is 9.18 Å². The fourth-order valence-electron chi connectivity index (χ4n) is 2.50. The van der Waals surface area contributed by atoms with Gasteiger partial charge in [0.25, 0.3) is 0 Å². The molecule has 0 aromatic carbocycles. The molecule has 0 spiro atoms. The highest BCUT2D eigenvalue weighted by Gasteiger charge is 2.31. The van der Waals surface area contributed by atoms with Crippen LogP contribution in [0.15, 0.2) is 18.3 Å². The van der Waals surface area contributed by atoms with E-state index in [1.807, 2.05) is 0 Å². The van der Waals surface area contributed by atoms with Gasteiger partial charge >= 0.3 is 5.97 Å². The van der Waals surface area contributed by atoms with E-state index >= 15 is 0 Å². The third-order valence-electron chi connectivity index (χ3n) is 3.47. The molecule has 2 heterocycles. The third kappa shape index (κ3) is 2.81. The summed E-state index contributed by atoms with van der Waals surface area (Å²) in [5.74, 6) is -0.856. The number of esters is 1. The molecule has 1 unspecified atom stereocenters. The molecule has 0 saturated heterocycles. The lowest BCUT2D eigenvalue weighted by Crippen LogP contribution is -2.20. The first-order valence-electron chi connectivity index (χ1n) is 6.97. The lowest BCUT2D eigenvalue weighted by Gasteiger charge is -2.19. The number of rotatable bonds is 3. The van der Waals surface area contributed by atoms with Gasteiger partial charge in [0.2, 0.25) is 0 Å². The molecular weight excluding hydrogens is 291 g/mol. The fraction of sp³-hybridized carbons (Fsp3) is 0.400. The van der Waals surface area contributed by atoms with Crippen molar-refractivity contribution in [2.75, 3.05) is 6.61 Å². The molecule has 0 bridgehead atoms. The summed E-state index contributed by atoms with van der Waals surface area (Å²) >= 11 is 1.53. The summed E-state index contributed by atoms with van der Waals surface area (Å²) in [6.45, 7) is 2.18. The van der Waals surface area contributed by atoms with Gasteiger partial charge in [-0.1, -0.05) is 0 Å². The van der Waals surface area contributed by atoms with Crippen molar-refractivity contribution in [3.63, 3.8) is 0 Å². The molecule has 0 N–H and O–H groups in total. The molecule has 0 amide bonds. The number of carbonyl (C=O) groups excluding carboxylic acids is 1. The van der Waals surface area contributed by atoms with Gasteiger partial charge < -0.3 is 4.74 Å². The van der Waals surface area contributed by atoms with Crippen LogP contribution in [0.3, 0.4) is 0 Å². The summed E-state index contributed by atoms with van der Waals surface area (Å²) in [6.07, 6.45) is 3.82. The number of aryl methyl sites for hydroxylation is 1. The zero-order valence-electron chi connectivity index (χ0n) is 11.6. The van der Waals surface area contributed by atoms with E-state index < -0.39 is 0 Å². The number of fused-ring (bicyclic) bond motifs is 1. The van der Waals surface area contributed by atoms with Crippen molar-refractivity contribution < 1.29 is 13.9 Å². The summed E-state index contributed by atoms with van der Waals surface area (Å²) in [4.78, 5) is 21.8. The second-order valence-corrected chi connectivity index (χ2v) is 5.97. The lowest BCUT2D eigenvalue weighted by molar-refractivity contribution is -0.145. The molecule has 0 aliphatic heterocycles. The van der Waals surface area contributed by atoms with Crippen molar-refractivity contribution >= 4 is 17.3 Å². The minimum Gasteiger partial charge on any atom is -0.465 e. The topological polar surface area (TPSA) is 52.1 Å². The number of halogens is 1. The van der Waals surface area contributed by atoms with Crippen molar-refractivity contribution in [2.45, 2.75) is 32.1 Å². The van der Waals surface area contributed by atoms with E-state index in [-0.39, 0.29) is 17.7 Å². The molecule has 4 nitrogen and oxygen atoms in total. The van der Waals surface area contributed by atoms with Crippen LogP contribution in [0, 0.1) is 5.82 Å². The number of hydrogen-bond acceptors (Lipinski definition) is 5. The Hall–Kier alpha value is -1.82. The highest BCUT2D eigenvalue weighted by molar-refractivity contribution is 7.15. The Morgan fingerprint density at radius 3 is 3.10 bits per heavy atom. The average Bonchev–Trinajstić information content (AvgIpc) is 2.92. The SMILES string of the molecule is CCOC(=O)C1CCCc2sc(-c3ccc(F)cn3)nc21. The Labute approximate surface area is 126 Å². The van der Waals surface area contributed by atoms with Gasteiger partial charge in [0, 0.05) is 4.88 Å². The van der Waals surface area contributed by atoms with E-state index in [1.54, 1.807) is 13.0 Å². The summed E-state index contributed by atoms with van der Waals surface area (Å²) in [5, 5.41) is 0.733. The maximum Gasteiger partial charge on any atom is 0.315 e. The Bertz CT molecular complexity index is 654. The Morgan fingerprint density at radius 2 is 2.38 bits per heavy atom. The highest BCUT2D eigenvalue weighted by atomic mass is 32.1. The van der Waals surface area contributed by atoms with Gasteiger partial charge in [0.15, 0.2) is 0 Å². The van der Waals surface area contributed by atoms with Crippen LogP contribution in [0.1, 0.15) is 36.3 Å². The monoisotopic (exact) mass is 306 g/mol. The van der Waals surface area contributed by atoms with Crippen molar-refractivity contribution in [1.82, 2.24) is 9.97 Å². The predicted octanol–water partition coefficient (Wildman–Crippen LogP) is 3.33. The molecular formula is C15H15FN2O2S. The second-order valence-electron chi connectivity index (χ2n) is 4.89. The summed E-state index contributed by atoms with van der Waals surface area (Å²) in [6, 6.07) is 2.98. The minimum absolute atomic E-state index is 0.206. The zero-order valence-corrected chi connectivity index (χ0v) is 12.5. The zero-order chi connectivity index (χ0) is 14.8. The number of aromatic nitrogens is 2. The lowest BCUT2D eigenvalue weighted by atomic mass is 9.91. The molecule has 21 heavy (non-hydrogen) atoms. The summed E-state index contributed by atoms with van der Waals surface area (Å²) in [5.41, 5.74) is 1.45. The Morgan fingerprint density at radius 1 is 1.52 bits per heavy atom. The fourth-order valence-corrected chi connectivity index (χ4v) is 3.64. The molecule has 1 atom stereocenters. The van der Waals surface area contributed by atoms with Gasteiger partial charge in [-0.25, -0.2) is 9.37 Å². The normalized spacial score (nSPS) is 17.3. The molecule has 0 saturated carbocycles. The van der Waals surface area contributed by atoms with Crippen LogP contribution < -0.4 is 0 Å². The van der Waals surface area contributed by atoms with E-state index in [4.69, 9.17) is 4.74 Å². The number of thiazole rings is 1. The molecule has 1 aliphatic carbocycles. The first kappa shape index (κ1) is 14.1. The maximum atomic E-state index is 12.9. The van der Waals surface area contributed by atoms with Crippen LogP contribution in [0.5, 0.6) is 0 Å². The van der Waals surface area contributed by atoms with E-state index in [0.717, 1.165) is 34.8 Å². The number of ether oxygens (including phenoxy) is 1. The van der Waals surface area contributed by atoms with Gasteiger partial charge in [0.1, 0.15) is 16.7 Å². The van der Waals surface area contributed by atoms with Crippen LogP contribution in [-0.4, -0.2) is 22.5 Å². The van der Waals surface area contributed by atoms with Crippen LogP contribution in [-0.2, 0) is 16.0 Å². The van der Waals surface area contributed by atoms with Gasteiger partial charge in [-0.3, -0.25) is 9.78 Å². The van der Waals surface area contributed by atoms with Crippen molar-refractivity contribution in [2.24, 2.45) is 0 Å². The maximum absolute atomic E-state index is 12.9. The smallest absolute Gasteiger partial charge is 0.315 e. The number of carbonyl (C=O) groups is 1. The summed E-state index contributed by atoms with van der Waals surface area (Å²) < 4.78 is 18.1. The van der Waals surface area contributed by atoms with E-state index in [1.165, 1.54) is 23.6 Å². The molecule has 2 aromatic heterocycles. The average molecular weight is 306 g/mol. The molecule has 6 heteroatoms. The molecule has 0 radical (unpaired) electrons. The second kappa shape index (κ2) is 5.89. The van der Waals surface area contributed by atoms with Crippen molar-refractivity contribution in [1.29, 1.82) is 0 Å². The third-order valence-corrected chi connectivity index (χ3v) is 4.63. The Kier molecular flexibility index (Phi) is 3.96. The quantitative estimate of drug-likeness (QED) is 0.816. The van der Waals surface area contributed by atoms with Crippen LogP contribution >= 0.6 is 11.3 Å². The predicted molar refractivity (Wildman–Crippen MR) is 77.6 cm³/mol. The standard InChI is InChI=1S/C15H15FN2O2S/c1-2-20-15(19)10-4-3-5-12-13(10)18-14(21-12)11-7-6-9(16)8-17-11/h6-8,10H,2-5H2,1H3. The van der Waals surface area contributed by atoms with Gasteiger partial charge in [0.05, 0.1) is 24.2 Å². The summed E-state index contributed by atoms with van der Waals surface area (Å²) in [7, 11) is 0. The number of nitrogens with zero attached hydrogens (tertiary/aromatic N) is 2. The molecule has 2 aromatic rings. The number of pyridine rings is 1. The molecule has 1 aliphatic rings. The van der Waals surface area contributed by atoms with Crippen LogP contribution in [0.25, 0.3) is 10.7 Å². The number of hydrogen-bond donors (Lipinski definition) is 0. The van der Waals surface area contributed by atoms with Crippen LogP contribution in [0.2, 0.25) is 0 Å². The first-order valence-corrected chi connectivity index (χ1v) is 7.79. The van der Waals surface area contributed by atoms with E-state index in [2.05, 4.69) is 9.97 Å².